The number of benzene rings is 3. The lowest BCUT2D eigenvalue weighted by atomic mass is 9.90. The molecule has 1 unspecified atom stereocenters. The van der Waals surface area contributed by atoms with Crippen LogP contribution in [0.2, 0.25) is 0 Å². The van der Waals surface area contributed by atoms with Gasteiger partial charge in [-0.15, -0.1) is 0 Å². The summed E-state index contributed by atoms with van der Waals surface area (Å²) in [6.45, 7) is -0.548. The molecule has 0 saturated carbocycles. The van der Waals surface area contributed by atoms with Gasteiger partial charge in [0.2, 0.25) is 11.9 Å². The van der Waals surface area contributed by atoms with Crippen molar-refractivity contribution in [3.63, 3.8) is 0 Å². The van der Waals surface area contributed by atoms with E-state index in [1.165, 1.54) is 0 Å². The predicted octanol–water partition coefficient (Wildman–Crippen LogP) is 2.81. The summed E-state index contributed by atoms with van der Waals surface area (Å²) in [5, 5.41) is 15.1. The minimum Gasteiger partial charge on any atom is -0.394 e. The topological polar surface area (TPSA) is 107 Å². The third-order valence-electron chi connectivity index (χ3n) is 4.97. The number of aromatic nitrogens is 2. The van der Waals surface area contributed by atoms with Gasteiger partial charge >= 0.3 is 0 Å². The summed E-state index contributed by atoms with van der Waals surface area (Å²) in [5.41, 5.74) is 3.06. The molecule has 0 aliphatic heterocycles. The third kappa shape index (κ3) is 4.62. The largest absolute Gasteiger partial charge is 0.394 e. The second kappa shape index (κ2) is 9.23. The number of aromatic amines is 1. The van der Waals surface area contributed by atoms with Gasteiger partial charge in [-0.2, -0.15) is 0 Å². The number of hydrogen-bond acceptors (Lipinski definition) is 4. The van der Waals surface area contributed by atoms with Crippen molar-refractivity contribution in [2.24, 2.45) is 0 Å². The number of H-pyrrole nitrogens is 1. The van der Waals surface area contributed by atoms with E-state index in [2.05, 4.69) is 20.6 Å². The van der Waals surface area contributed by atoms with E-state index >= 15 is 0 Å². The average molecular weight is 414 g/mol. The summed E-state index contributed by atoms with van der Waals surface area (Å²) >= 11 is 0. The van der Waals surface area contributed by atoms with Crippen molar-refractivity contribution in [2.45, 2.75) is 12.0 Å². The molecule has 4 aromatic rings. The Bertz CT molecular complexity index is 1100. The Morgan fingerprint density at radius 1 is 0.839 bits per heavy atom. The monoisotopic (exact) mass is 414 g/mol. The van der Waals surface area contributed by atoms with Gasteiger partial charge in [-0.25, -0.2) is 4.98 Å². The van der Waals surface area contributed by atoms with Crippen molar-refractivity contribution < 1.29 is 14.7 Å². The third-order valence-corrected chi connectivity index (χ3v) is 4.97. The number of nitrogens with one attached hydrogen (secondary N) is 3. The maximum Gasteiger partial charge on any atom is 0.251 e. The summed E-state index contributed by atoms with van der Waals surface area (Å²) in [6, 6.07) is 24.9. The summed E-state index contributed by atoms with van der Waals surface area (Å²) in [6.07, 6.45) is 0. The molecule has 1 heterocycles. The summed E-state index contributed by atoms with van der Waals surface area (Å²) < 4.78 is 0. The predicted molar refractivity (Wildman–Crippen MR) is 118 cm³/mol. The van der Waals surface area contributed by atoms with Crippen LogP contribution in [0, 0.1) is 0 Å². The second-order valence-corrected chi connectivity index (χ2v) is 7.09. The van der Waals surface area contributed by atoms with E-state index in [0.29, 0.717) is 5.52 Å². The zero-order chi connectivity index (χ0) is 21.6. The Kier molecular flexibility index (Phi) is 6.05. The van der Waals surface area contributed by atoms with Gasteiger partial charge in [0.15, 0.2) is 0 Å². The van der Waals surface area contributed by atoms with Crippen LogP contribution < -0.4 is 10.6 Å². The van der Waals surface area contributed by atoms with Gasteiger partial charge in [0.25, 0.3) is 5.91 Å². The number of carbonyl (C=O) groups is 2. The molecule has 7 nitrogen and oxygen atoms in total. The minimum atomic E-state index is -1.13. The zero-order valence-corrected chi connectivity index (χ0v) is 16.7. The quantitative estimate of drug-likeness (QED) is 0.373. The van der Waals surface area contributed by atoms with Crippen molar-refractivity contribution >= 4 is 28.8 Å². The van der Waals surface area contributed by atoms with Crippen molar-refractivity contribution in [3.8, 4) is 0 Å². The molecule has 2 amide bonds. The number of para-hydroxylation sites is 2. The van der Waals surface area contributed by atoms with Crippen LogP contribution in [0.25, 0.3) is 11.0 Å². The first-order valence-electron chi connectivity index (χ1n) is 9.92. The Hall–Kier alpha value is -3.97. The lowest BCUT2D eigenvalue weighted by Crippen LogP contribution is -2.48. The number of amides is 2. The van der Waals surface area contributed by atoms with E-state index in [-0.39, 0.29) is 11.9 Å². The molecule has 4 N–H and O–H groups in total. The van der Waals surface area contributed by atoms with Crippen molar-refractivity contribution in [1.82, 2.24) is 15.3 Å². The molecule has 31 heavy (non-hydrogen) atoms. The number of aliphatic hydroxyl groups is 1. The molecule has 7 heteroatoms. The summed E-state index contributed by atoms with van der Waals surface area (Å²) in [7, 11) is 0. The normalized spacial score (nSPS) is 11.9. The molecule has 1 atom stereocenters. The van der Waals surface area contributed by atoms with Gasteiger partial charge in [0, 0.05) is 0 Å². The summed E-state index contributed by atoms with van der Waals surface area (Å²) in [5.74, 6) is -1.30. The zero-order valence-electron chi connectivity index (χ0n) is 16.7. The molecule has 0 aliphatic rings. The number of anilines is 1. The van der Waals surface area contributed by atoms with Crippen molar-refractivity contribution in [2.75, 3.05) is 11.9 Å². The van der Waals surface area contributed by atoms with Crippen LogP contribution in [0.5, 0.6) is 0 Å². The fourth-order valence-corrected chi connectivity index (χ4v) is 3.45. The summed E-state index contributed by atoms with van der Waals surface area (Å²) in [4.78, 5) is 33.2. The second-order valence-electron chi connectivity index (χ2n) is 7.09. The molecule has 1 aromatic heterocycles. The molecule has 0 bridgehead atoms. The lowest BCUT2D eigenvalue weighted by Gasteiger charge is -2.21. The number of carbonyl (C=O) groups excluding carboxylic acids is 2. The maximum absolute atomic E-state index is 13.2. The van der Waals surface area contributed by atoms with Gasteiger partial charge in [0.05, 0.1) is 23.6 Å². The molecule has 0 radical (unpaired) electrons. The molecule has 0 saturated heterocycles. The van der Waals surface area contributed by atoms with Crippen LogP contribution in [0.1, 0.15) is 17.0 Å². The van der Waals surface area contributed by atoms with Crippen LogP contribution in [0.4, 0.5) is 5.95 Å². The van der Waals surface area contributed by atoms with Crippen LogP contribution in [0.3, 0.4) is 0 Å². The molecule has 156 valence electrons. The molecular weight excluding hydrogens is 392 g/mol. The Labute approximate surface area is 179 Å². The van der Waals surface area contributed by atoms with Gasteiger partial charge in [-0.05, 0) is 23.3 Å². The van der Waals surface area contributed by atoms with Crippen LogP contribution >= 0.6 is 0 Å². The Morgan fingerprint density at radius 2 is 1.42 bits per heavy atom. The first kappa shape index (κ1) is 20.3. The number of hydrogen-bond donors (Lipinski definition) is 4. The highest BCUT2D eigenvalue weighted by Gasteiger charge is 2.28. The Morgan fingerprint density at radius 3 is 2.00 bits per heavy atom. The minimum absolute atomic E-state index is 0.251. The van der Waals surface area contributed by atoms with E-state index in [9.17, 15) is 14.7 Å². The average Bonchev–Trinajstić information content (AvgIpc) is 3.21. The molecular formula is C24H22N4O3. The van der Waals surface area contributed by atoms with Gasteiger partial charge in [-0.3, -0.25) is 14.9 Å². The van der Waals surface area contributed by atoms with Gasteiger partial charge < -0.3 is 15.4 Å². The molecule has 0 fully saturated rings. The maximum atomic E-state index is 13.2. The van der Waals surface area contributed by atoms with E-state index in [1.807, 2.05) is 84.9 Å². The molecule has 0 aliphatic carbocycles. The molecule has 4 rings (SSSR count). The highest BCUT2D eigenvalue weighted by Crippen LogP contribution is 2.25. The fourth-order valence-electron chi connectivity index (χ4n) is 3.45. The highest BCUT2D eigenvalue weighted by atomic mass is 16.3. The fraction of sp³-hybridized carbons (Fsp3) is 0.125. The number of aliphatic hydroxyl groups excluding tert-OH is 1. The van der Waals surface area contributed by atoms with E-state index < -0.39 is 24.5 Å². The number of nitrogens with zero attached hydrogens (tertiary/aromatic N) is 1. The Balaban J connectivity index is 1.52. The SMILES string of the molecule is O=C(Nc1nc2ccccc2[nH]1)C(CO)NC(=O)C(c1ccccc1)c1ccccc1. The molecule has 3 aromatic carbocycles. The smallest absolute Gasteiger partial charge is 0.251 e. The standard InChI is InChI=1S/C24H22N4O3/c29-15-20(22(30)28-24-26-18-13-7-8-14-19(18)27-24)25-23(31)21(16-9-3-1-4-10-16)17-11-5-2-6-12-17/h1-14,20-21,29H,15H2,(H,25,31)(H2,26,27,28,30). The van der Waals surface area contributed by atoms with E-state index in [4.69, 9.17) is 0 Å². The lowest BCUT2D eigenvalue weighted by molar-refractivity contribution is -0.127. The van der Waals surface area contributed by atoms with Crippen LogP contribution in [0.15, 0.2) is 84.9 Å². The van der Waals surface area contributed by atoms with Crippen molar-refractivity contribution in [1.29, 1.82) is 0 Å². The first-order chi connectivity index (χ1) is 15.2. The molecule has 0 spiro atoms. The van der Waals surface area contributed by atoms with Crippen molar-refractivity contribution in [3.05, 3.63) is 96.1 Å². The van der Waals surface area contributed by atoms with E-state index in [1.54, 1.807) is 0 Å². The van der Waals surface area contributed by atoms with Crippen LogP contribution in [-0.2, 0) is 9.59 Å². The van der Waals surface area contributed by atoms with Crippen LogP contribution in [-0.4, -0.2) is 39.5 Å². The first-order valence-corrected chi connectivity index (χ1v) is 9.92. The van der Waals surface area contributed by atoms with E-state index in [0.717, 1.165) is 16.6 Å². The number of fused-ring (bicyclic) bond motifs is 1. The number of imidazole rings is 1. The van der Waals surface area contributed by atoms with Gasteiger partial charge in [0.1, 0.15) is 6.04 Å². The number of rotatable bonds is 7. The highest BCUT2D eigenvalue weighted by molar-refractivity contribution is 5.98. The van der Waals surface area contributed by atoms with Gasteiger partial charge in [-0.1, -0.05) is 72.8 Å².